The second-order valence-electron chi connectivity index (χ2n) is 4.95. The Morgan fingerprint density at radius 1 is 0.941 bits per heavy atom. The van der Waals surface area contributed by atoms with Crippen LogP contribution in [0.1, 0.15) is 23.6 Å². The van der Waals surface area contributed by atoms with E-state index in [9.17, 15) is 0 Å². The fraction of sp³-hybridized carbons (Fsp3) is 0.250. The fourth-order valence-corrected chi connectivity index (χ4v) is 2.05. The van der Waals surface area contributed by atoms with Gasteiger partial charge in [0.15, 0.2) is 0 Å². The third-order valence-corrected chi connectivity index (χ3v) is 3.13. The molecule has 0 amide bonds. The van der Waals surface area contributed by atoms with Crippen molar-refractivity contribution in [3.05, 3.63) is 71.3 Å². The molecule has 88 valence electrons. The average Bonchev–Trinajstić information content (AvgIpc) is 2.33. The van der Waals surface area contributed by atoms with Crippen LogP contribution >= 0.6 is 0 Å². The minimum atomic E-state index is -0.309. The summed E-state index contributed by atoms with van der Waals surface area (Å²) in [5.74, 6) is 0. The van der Waals surface area contributed by atoms with E-state index in [4.69, 9.17) is 5.73 Å². The molecule has 0 bridgehead atoms. The molecule has 17 heavy (non-hydrogen) atoms. The van der Waals surface area contributed by atoms with Crippen LogP contribution in [0.3, 0.4) is 0 Å². The second kappa shape index (κ2) is 4.72. The van der Waals surface area contributed by atoms with E-state index in [-0.39, 0.29) is 5.54 Å². The van der Waals surface area contributed by atoms with Gasteiger partial charge in [-0.25, -0.2) is 0 Å². The first-order valence-electron chi connectivity index (χ1n) is 5.98. The summed E-state index contributed by atoms with van der Waals surface area (Å²) in [6.07, 6.45) is 0.858. The highest BCUT2D eigenvalue weighted by atomic mass is 14.7. The van der Waals surface area contributed by atoms with Crippen LogP contribution in [0.2, 0.25) is 0 Å². The van der Waals surface area contributed by atoms with Crippen LogP contribution in [0.4, 0.5) is 0 Å². The number of nitrogens with two attached hydrogens (primary N) is 1. The maximum absolute atomic E-state index is 6.41. The summed E-state index contributed by atoms with van der Waals surface area (Å²) in [6, 6.07) is 18.9. The van der Waals surface area contributed by atoms with E-state index in [1.54, 1.807) is 0 Å². The van der Waals surface area contributed by atoms with Crippen LogP contribution in [-0.2, 0) is 12.0 Å². The lowest BCUT2D eigenvalue weighted by Crippen LogP contribution is -2.35. The predicted molar refractivity (Wildman–Crippen MR) is 72.9 cm³/mol. The molecule has 0 aliphatic rings. The monoisotopic (exact) mass is 225 g/mol. The Hall–Kier alpha value is -1.60. The van der Waals surface area contributed by atoms with Crippen molar-refractivity contribution < 1.29 is 0 Å². The summed E-state index contributed by atoms with van der Waals surface area (Å²) in [5.41, 5.74) is 9.85. The van der Waals surface area contributed by atoms with Gasteiger partial charge in [-0.15, -0.1) is 0 Å². The van der Waals surface area contributed by atoms with Gasteiger partial charge in [0, 0.05) is 5.54 Å². The van der Waals surface area contributed by atoms with Crippen molar-refractivity contribution in [3.8, 4) is 0 Å². The lowest BCUT2D eigenvalue weighted by molar-refractivity contribution is 0.491. The summed E-state index contributed by atoms with van der Waals surface area (Å²) in [4.78, 5) is 0. The Kier molecular flexibility index (Phi) is 3.30. The zero-order valence-electron chi connectivity index (χ0n) is 10.5. The summed E-state index contributed by atoms with van der Waals surface area (Å²) < 4.78 is 0. The van der Waals surface area contributed by atoms with Gasteiger partial charge in [-0.05, 0) is 31.4 Å². The molecule has 0 fully saturated rings. The Morgan fingerprint density at radius 3 is 2.12 bits per heavy atom. The van der Waals surface area contributed by atoms with Gasteiger partial charge in [-0.1, -0.05) is 60.2 Å². The fourth-order valence-electron chi connectivity index (χ4n) is 2.05. The van der Waals surface area contributed by atoms with Crippen molar-refractivity contribution in [1.82, 2.24) is 0 Å². The van der Waals surface area contributed by atoms with Gasteiger partial charge in [0.05, 0.1) is 0 Å². The van der Waals surface area contributed by atoms with Crippen LogP contribution in [-0.4, -0.2) is 0 Å². The first-order valence-corrected chi connectivity index (χ1v) is 5.98. The summed E-state index contributed by atoms with van der Waals surface area (Å²) in [5, 5.41) is 0. The normalized spacial score (nSPS) is 14.3. The maximum Gasteiger partial charge on any atom is 0.0421 e. The highest BCUT2D eigenvalue weighted by molar-refractivity contribution is 5.28. The van der Waals surface area contributed by atoms with E-state index in [2.05, 4.69) is 50.2 Å². The molecular weight excluding hydrogens is 206 g/mol. The quantitative estimate of drug-likeness (QED) is 0.851. The number of benzene rings is 2. The Morgan fingerprint density at radius 2 is 1.53 bits per heavy atom. The van der Waals surface area contributed by atoms with Crippen molar-refractivity contribution in [2.45, 2.75) is 25.8 Å². The van der Waals surface area contributed by atoms with E-state index < -0.39 is 0 Å². The highest BCUT2D eigenvalue weighted by Crippen LogP contribution is 2.22. The molecule has 2 rings (SSSR count). The molecule has 1 atom stereocenters. The van der Waals surface area contributed by atoms with Gasteiger partial charge < -0.3 is 5.73 Å². The number of hydrogen-bond acceptors (Lipinski definition) is 1. The zero-order chi connectivity index (χ0) is 12.3. The smallest absolute Gasteiger partial charge is 0.0421 e. The molecule has 0 saturated carbocycles. The molecular formula is C16H19N. The van der Waals surface area contributed by atoms with Crippen LogP contribution in [0, 0.1) is 6.92 Å². The molecule has 1 nitrogen and oxygen atoms in total. The summed E-state index contributed by atoms with van der Waals surface area (Å²) in [7, 11) is 0. The van der Waals surface area contributed by atoms with Gasteiger partial charge in [-0.3, -0.25) is 0 Å². The molecule has 0 aliphatic heterocycles. The van der Waals surface area contributed by atoms with Crippen molar-refractivity contribution in [2.75, 3.05) is 0 Å². The van der Waals surface area contributed by atoms with Crippen LogP contribution in [0.25, 0.3) is 0 Å². The molecule has 1 heteroatoms. The molecule has 2 aromatic rings. The zero-order valence-corrected chi connectivity index (χ0v) is 10.5. The van der Waals surface area contributed by atoms with Crippen LogP contribution < -0.4 is 5.73 Å². The molecule has 0 saturated heterocycles. The Balaban J connectivity index is 2.20. The second-order valence-corrected chi connectivity index (χ2v) is 4.95. The SMILES string of the molecule is Cc1ccc(CC(C)(N)c2ccccc2)cc1. The first kappa shape index (κ1) is 11.9. The van der Waals surface area contributed by atoms with Crippen molar-refractivity contribution in [3.63, 3.8) is 0 Å². The lowest BCUT2D eigenvalue weighted by Gasteiger charge is -2.25. The predicted octanol–water partition coefficient (Wildman–Crippen LogP) is 3.41. The minimum Gasteiger partial charge on any atom is -0.321 e. The maximum atomic E-state index is 6.41. The number of rotatable bonds is 3. The van der Waals surface area contributed by atoms with Crippen LogP contribution in [0.5, 0.6) is 0 Å². The van der Waals surface area contributed by atoms with E-state index in [0.29, 0.717) is 0 Å². The summed E-state index contributed by atoms with van der Waals surface area (Å²) in [6.45, 7) is 4.19. The molecule has 0 spiro atoms. The molecule has 0 aliphatic carbocycles. The molecule has 1 unspecified atom stereocenters. The van der Waals surface area contributed by atoms with E-state index in [0.717, 1.165) is 6.42 Å². The first-order chi connectivity index (χ1) is 8.08. The Bertz CT molecular complexity index is 469. The molecule has 2 N–H and O–H groups in total. The number of hydrogen-bond donors (Lipinski definition) is 1. The van der Waals surface area contributed by atoms with E-state index >= 15 is 0 Å². The van der Waals surface area contributed by atoms with Gasteiger partial charge in [0.25, 0.3) is 0 Å². The molecule has 2 aromatic carbocycles. The third-order valence-electron chi connectivity index (χ3n) is 3.13. The summed E-state index contributed by atoms with van der Waals surface area (Å²) >= 11 is 0. The molecule has 0 heterocycles. The largest absolute Gasteiger partial charge is 0.321 e. The number of aryl methyl sites for hydroxylation is 1. The Labute approximate surface area is 103 Å². The van der Waals surface area contributed by atoms with Crippen LogP contribution in [0.15, 0.2) is 54.6 Å². The van der Waals surface area contributed by atoms with Crippen molar-refractivity contribution in [2.24, 2.45) is 5.73 Å². The van der Waals surface area contributed by atoms with Crippen molar-refractivity contribution in [1.29, 1.82) is 0 Å². The topological polar surface area (TPSA) is 26.0 Å². The third kappa shape index (κ3) is 2.95. The van der Waals surface area contributed by atoms with Gasteiger partial charge in [0.1, 0.15) is 0 Å². The van der Waals surface area contributed by atoms with Crippen molar-refractivity contribution >= 4 is 0 Å². The average molecular weight is 225 g/mol. The van der Waals surface area contributed by atoms with E-state index in [1.165, 1.54) is 16.7 Å². The molecule has 0 radical (unpaired) electrons. The van der Waals surface area contributed by atoms with E-state index in [1.807, 2.05) is 18.2 Å². The highest BCUT2D eigenvalue weighted by Gasteiger charge is 2.20. The molecule has 0 aromatic heterocycles. The lowest BCUT2D eigenvalue weighted by atomic mass is 9.86. The van der Waals surface area contributed by atoms with Gasteiger partial charge in [-0.2, -0.15) is 0 Å². The minimum absolute atomic E-state index is 0.309. The van der Waals surface area contributed by atoms with Gasteiger partial charge >= 0.3 is 0 Å². The van der Waals surface area contributed by atoms with Gasteiger partial charge in [0.2, 0.25) is 0 Å². The standard InChI is InChI=1S/C16H19N/c1-13-8-10-14(11-9-13)12-16(2,17)15-6-4-3-5-7-15/h3-11H,12,17H2,1-2H3.